The molecule has 0 atom stereocenters. The molecule has 0 saturated carbocycles. The van der Waals surface area contributed by atoms with Gasteiger partial charge in [0, 0.05) is 17.0 Å². The molecular formula is C23H18N2O4S3. The van der Waals surface area contributed by atoms with Crippen molar-refractivity contribution in [1.82, 2.24) is 0 Å². The first-order chi connectivity index (χ1) is 15.3. The number of furan rings is 1. The molecule has 0 radical (unpaired) electrons. The second kappa shape index (κ2) is 8.93. The van der Waals surface area contributed by atoms with E-state index in [2.05, 4.69) is 0 Å². The summed E-state index contributed by atoms with van der Waals surface area (Å²) in [7, 11) is 0. The molecular weight excluding hydrogens is 464 g/mol. The zero-order chi connectivity index (χ0) is 23.0. The van der Waals surface area contributed by atoms with Gasteiger partial charge in [0.2, 0.25) is 0 Å². The zero-order valence-electron chi connectivity index (χ0n) is 17.4. The van der Waals surface area contributed by atoms with Crippen LogP contribution in [0, 0.1) is 24.0 Å². The van der Waals surface area contributed by atoms with E-state index >= 15 is 0 Å². The Hall–Kier alpha value is -2.88. The molecule has 0 bridgehead atoms. The SMILES string of the molecule is CSc1cccc(N2C(=O)/C(=C/c3ccc(-c4cc(C)c(C)cc4[N+](=O)[O-])o3)SC2=S)c1. The minimum atomic E-state index is -0.419. The highest BCUT2D eigenvalue weighted by Gasteiger charge is 2.33. The molecule has 1 aromatic heterocycles. The Labute approximate surface area is 198 Å². The summed E-state index contributed by atoms with van der Waals surface area (Å²) in [5.74, 6) is 0.563. The summed E-state index contributed by atoms with van der Waals surface area (Å²) < 4.78 is 6.31. The van der Waals surface area contributed by atoms with E-state index in [0.717, 1.165) is 16.0 Å². The van der Waals surface area contributed by atoms with Gasteiger partial charge in [-0.1, -0.05) is 30.0 Å². The molecule has 1 saturated heterocycles. The molecule has 0 N–H and O–H groups in total. The predicted octanol–water partition coefficient (Wildman–Crippen LogP) is 6.60. The van der Waals surface area contributed by atoms with Gasteiger partial charge in [-0.3, -0.25) is 19.8 Å². The molecule has 1 aliphatic heterocycles. The molecule has 1 fully saturated rings. The molecule has 3 aromatic rings. The number of nitro benzene ring substituents is 1. The molecule has 6 nitrogen and oxygen atoms in total. The van der Waals surface area contributed by atoms with Gasteiger partial charge < -0.3 is 4.42 Å². The highest BCUT2D eigenvalue weighted by molar-refractivity contribution is 8.27. The molecule has 0 unspecified atom stereocenters. The maximum atomic E-state index is 13.0. The largest absolute Gasteiger partial charge is 0.456 e. The fraction of sp³-hybridized carbons (Fsp3) is 0.130. The first-order valence-electron chi connectivity index (χ1n) is 9.56. The Kier molecular flexibility index (Phi) is 6.23. The summed E-state index contributed by atoms with van der Waals surface area (Å²) in [6.07, 6.45) is 3.59. The van der Waals surface area contributed by atoms with E-state index in [0.29, 0.717) is 32.0 Å². The van der Waals surface area contributed by atoms with Gasteiger partial charge in [-0.2, -0.15) is 0 Å². The van der Waals surface area contributed by atoms with E-state index in [1.54, 1.807) is 42.1 Å². The number of thiocarbonyl (C=S) groups is 1. The molecule has 32 heavy (non-hydrogen) atoms. The van der Waals surface area contributed by atoms with E-state index in [4.69, 9.17) is 16.6 Å². The predicted molar refractivity (Wildman–Crippen MR) is 134 cm³/mol. The number of aryl methyl sites for hydroxylation is 2. The molecule has 9 heteroatoms. The van der Waals surface area contributed by atoms with Gasteiger partial charge in [0.1, 0.15) is 11.5 Å². The maximum absolute atomic E-state index is 13.0. The van der Waals surface area contributed by atoms with Gasteiger partial charge in [0.25, 0.3) is 11.6 Å². The third-order valence-corrected chi connectivity index (χ3v) is 7.11. The number of anilines is 1. The van der Waals surface area contributed by atoms with Crippen molar-refractivity contribution >= 4 is 63.4 Å². The van der Waals surface area contributed by atoms with Crippen molar-refractivity contribution < 1.29 is 14.1 Å². The van der Waals surface area contributed by atoms with Crippen LogP contribution in [-0.4, -0.2) is 21.4 Å². The third-order valence-electron chi connectivity index (χ3n) is 5.08. The summed E-state index contributed by atoms with van der Waals surface area (Å²) in [5.41, 5.74) is 2.86. The Morgan fingerprint density at radius 3 is 2.62 bits per heavy atom. The number of carbonyl (C=O) groups is 1. The molecule has 1 amide bonds. The summed E-state index contributed by atoms with van der Waals surface area (Å²) in [6, 6.07) is 14.3. The summed E-state index contributed by atoms with van der Waals surface area (Å²) in [4.78, 5) is 27.1. The Bertz CT molecular complexity index is 1300. The number of thioether (sulfide) groups is 2. The highest BCUT2D eigenvalue weighted by Crippen LogP contribution is 2.38. The lowest BCUT2D eigenvalue weighted by atomic mass is 10.0. The van der Waals surface area contributed by atoms with Crippen LogP contribution in [0.5, 0.6) is 0 Å². The fourth-order valence-corrected chi connectivity index (χ4v) is 5.03. The van der Waals surface area contributed by atoms with Crippen LogP contribution in [0.1, 0.15) is 16.9 Å². The Morgan fingerprint density at radius 1 is 1.16 bits per heavy atom. The van der Waals surface area contributed by atoms with Gasteiger partial charge in [0.15, 0.2) is 4.32 Å². The van der Waals surface area contributed by atoms with Crippen molar-refractivity contribution in [3.63, 3.8) is 0 Å². The van der Waals surface area contributed by atoms with Gasteiger partial charge in [-0.15, -0.1) is 11.8 Å². The lowest BCUT2D eigenvalue weighted by Gasteiger charge is -2.15. The van der Waals surface area contributed by atoms with Crippen molar-refractivity contribution in [2.75, 3.05) is 11.2 Å². The minimum Gasteiger partial charge on any atom is -0.456 e. The van der Waals surface area contributed by atoms with Crippen LogP contribution in [0.25, 0.3) is 17.4 Å². The number of amides is 1. The van der Waals surface area contributed by atoms with Crippen molar-refractivity contribution in [2.24, 2.45) is 0 Å². The Balaban J connectivity index is 1.66. The Morgan fingerprint density at radius 2 is 1.91 bits per heavy atom. The number of carbonyl (C=O) groups excluding carboxylic acids is 1. The van der Waals surface area contributed by atoms with Crippen LogP contribution < -0.4 is 4.90 Å². The van der Waals surface area contributed by atoms with E-state index in [9.17, 15) is 14.9 Å². The first kappa shape index (κ1) is 22.3. The smallest absolute Gasteiger partial charge is 0.280 e. The van der Waals surface area contributed by atoms with Crippen LogP contribution in [0.4, 0.5) is 11.4 Å². The average Bonchev–Trinajstić information content (AvgIpc) is 3.33. The van der Waals surface area contributed by atoms with E-state index in [-0.39, 0.29) is 11.6 Å². The number of nitro groups is 1. The molecule has 162 valence electrons. The number of rotatable bonds is 5. The minimum absolute atomic E-state index is 0.0194. The third kappa shape index (κ3) is 4.23. The quantitative estimate of drug-likeness (QED) is 0.133. The molecule has 1 aliphatic rings. The van der Waals surface area contributed by atoms with Gasteiger partial charge in [-0.05, 0) is 67.6 Å². The maximum Gasteiger partial charge on any atom is 0.280 e. The molecule has 2 heterocycles. The zero-order valence-corrected chi connectivity index (χ0v) is 19.9. The normalized spacial score (nSPS) is 15.1. The van der Waals surface area contributed by atoms with Gasteiger partial charge >= 0.3 is 0 Å². The molecule has 4 rings (SSSR count). The number of nitrogens with zero attached hydrogens (tertiary/aromatic N) is 2. The number of benzene rings is 2. The van der Waals surface area contributed by atoms with Crippen LogP contribution in [0.2, 0.25) is 0 Å². The highest BCUT2D eigenvalue weighted by atomic mass is 32.2. The molecule has 0 aliphatic carbocycles. The number of hydrogen-bond acceptors (Lipinski definition) is 7. The molecule has 0 spiro atoms. The van der Waals surface area contributed by atoms with Crippen LogP contribution in [-0.2, 0) is 4.79 Å². The lowest BCUT2D eigenvalue weighted by molar-refractivity contribution is -0.384. The first-order valence-corrected chi connectivity index (χ1v) is 12.0. The topological polar surface area (TPSA) is 76.6 Å². The lowest BCUT2D eigenvalue weighted by Crippen LogP contribution is -2.27. The van der Waals surface area contributed by atoms with E-state index < -0.39 is 4.92 Å². The second-order valence-electron chi connectivity index (χ2n) is 7.13. The van der Waals surface area contributed by atoms with Crippen LogP contribution in [0.3, 0.4) is 0 Å². The summed E-state index contributed by atoms with van der Waals surface area (Å²) in [6.45, 7) is 3.72. The fourth-order valence-electron chi connectivity index (χ4n) is 3.29. The van der Waals surface area contributed by atoms with Crippen LogP contribution in [0.15, 0.2) is 62.7 Å². The second-order valence-corrected chi connectivity index (χ2v) is 9.69. The van der Waals surface area contributed by atoms with E-state index in [1.807, 2.05) is 44.4 Å². The van der Waals surface area contributed by atoms with Crippen molar-refractivity contribution in [2.45, 2.75) is 18.7 Å². The van der Waals surface area contributed by atoms with Crippen molar-refractivity contribution in [1.29, 1.82) is 0 Å². The van der Waals surface area contributed by atoms with Crippen molar-refractivity contribution in [3.8, 4) is 11.3 Å². The standard InChI is InChI=1S/C23H18N2O4S3/c1-13-9-18(19(25(27)28)10-14(13)2)20-8-7-16(29-20)12-21-22(26)24(23(30)32-21)15-5-4-6-17(11-15)31-3/h4-12H,1-3H3/b21-12-. The molecule has 2 aromatic carbocycles. The number of hydrogen-bond donors (Lipinski definition) is 0. The van der Waals surface area contributed by atoms with Gasteiger partial charge in [0.05, 0.1) is 21.1 Å². The van der Waals surface area contributed by atoms with Crippen molar-refractivity contribution in [3.05, 3.63) is 80.4 Å². The average molecular weight is 483 g/mol. The summed E-state index contributed by atoms with van der Waals surface area (Å²) in [5, 5.41) is 11.5. The van der Waals surface area contributed by atoms with E-state index in [1.165, 1.54) is 16.7 Å². The summed E-state index contributed by atoms with van der Waals surface area (Å²) >= 11 is 8.23. The van der Waals surface area contributed by atoms with Crippen LogP contribution >= 0.6 is 35.7 Å². The monoisotopic (exact) mass is 482 g/mol. The van der Waals surface area contributed by atoms with Gasteiger partial charge in [-0.25, -0.2) is 0 Å².